The van der Waals surface area contributed by atoms with Crippen LogP contribution in [0.3, 0.4) is 0 Å². The Morgan fingerprint density at radius 3 is 2.78 bits per heavy atom. The van der Waals surface area contributed by atoms with E-state index in [1.54, 1.807) is 11.8 Å². The molecule has 0 aliphatic carbocycles. The van der Waals surface area contributed by atoms with Crippen LogP contribution in [0, 0.1) is 0 Å². The van der Waals surface area contributed by atoms with E-state index in [1.807, 2.05) is 6.21 Å². The van der Waals surface area contributed by atoms with E-state index in [1.165, 1.54) is 0 Å². The molecule has 0 aromatic heterocycles. The van der Waals surface area contributed by atoms with E-state index in [9.17, 15) is 0 Å². The minimum atomic E-state index is 0.916. The molecule has 1 nitrogen and oxygen atoms in total. The van der Waals surface area contributed by atoms with Gasteiger partial charge in [0.05, 0.1) is 5.03 Å². The van der Waals surface area contributed by atoms with Gasteiger partial charge in [-0.3, -0.25) is 4.99 Å². The van der Waals surface area contributed by atoms with Gasteiger partial charge in [0.2, 0.25) is 0 Å². The first-order valence-electron chi connectivity index (χ1n) is 3.15. The first kappa shape index (κ1) is 8.76. The van der Waals surface area contributed by atoms with Gasteiger partial charge in [-0.1, -0.05) is 20.4 Å². The first-order chi connectivity index (χ1) is 4.31. The third kappa shape index (κ3) is 5.63. The molecule has 0 radical (unpaired) electrons. The fourth-order valence-corrected chi connectivity index (χ4v) is 0.879. The third-order valence-corrected chi connectivity index (χ3v) is 1.46. The predicted octanol–water partition coefficient (Wildman–Crippen LogP) is 2.69. The van der Waals surface area contributed by atoms with Crippen LogP contribution in [0.15, 0.2) is 16.6 Å². The quantitative estimate of drug-likeness (QED) is 0.551. The molecule has 0 bridgehead atoms. The second-order valence-corrected chi connectivity index (χ2v) is 2.88. The lowest BCUT2D eigenvalue weighted by atomic mass is 10.5. The van der Waals surface area contributed by atoms with Crippen LogP contribution < -0.4 is 0 Å². The molecule has 2 heteroatoms. The Morgan fingerprint density at radius 1 is 1.67 bits per heavy atom. The lowest BCUT2D eigenvalue weighted by Crippen LogP contribution is -1.72. The van der Waals surface area contributed by atoms with E-state index in [4.69, 9.17) is 0 Å². The molecule has 0 unspecified atom stereocenters. The molecule has 0 saturated heterocycles. The van der Waals surface area contributed by atoms with Crippen LogP contribution in [-0.4, -0.2) is 12.0 Å². The second kappa shape index (κ2) is 5.89. The van der Waals surface area contributed by atoms with Crippen molar-refractivity contribution in [2.24, 2.45) is 4.99 Å². The molecule has 0 aliphatic heterocycles. The van der Waals surface area contributed by atoms with Crippen LogP contribution >= 0.6 is 11.8 Å². The molecule has 0 aromatic rings. The first-order valence-corrected chi connectivity index (χ1v) is 4.14. The van der Waals surface area contributed by atoms with Crippen LogP contribution in [0.4, 0.5) is 0 Å². The maximum absolute atomic E-state index is 4.08. The van der Waals surface area contributed by atoms with E-state index in [-0.39, 0.29) is 0 Å². The number of nitrogens with zero attached hydrogens (tertiary/aromatic N) is 1. The van der Waals surface area contributed by atoms with Crippen molar-refractivity contribution in [2.45, 2.75) is 20.3 Å². The van der Waals surface area contributed by atoms with Crippen molar-refractivity contribution in [3.05, 3.63) is 11.6 Å². The summed E-state index contributed by atoms with van der Waals surface area (Å²) in [5.41, 5.74) is 0. The van der Waals surface area contributed by atoms with Gasteiger partial charge in [-0.2, -0.15) is 0 Å². The van der Waals surface area contributed by atoms with Gasteiger partial charge in [0, 0.05) is 6.21 Å². The summed E-state index contributed by atoms with van der Waals surface area (Å²) in [6.45, 7) is 7.90. The zero-order chi connectivity index (χ0) is 7.11. The Hall–Kier alpha value is -0.240. The van der Waals surface area contributed by atoms with Crippen LogP contribution in [0.1, 0.15) is 20.3 Å². The summed E-state index contributed by atoms with van der Waals surface area (Å²) in [7, 11) is 0. The number of aliphatic imine (C=N–C) groups is 1. The smallest absolute Gasteiger partial charge is 0.0883 e. The lowest BCUT2D eigenvalue weighted by molar-refractivity contribution is 1.31. The summed E-state index contributed by atoms with van der Waals surface area (Å²) >= 11 is 1.68. The van der Waals surface area contributed by atoms with E-state index in [0.717, 1.165) is 17.2 Å². The molecule has 0 aliphatic rings. The number of rotatable bonds is 4. The molecule has 9 heavy (non-hydrogen) atoms. The summed E-state index contributed by atoms with van der Waals surface area (Å²) in [5.74, 6) is 1.06. The summed E-state index contributed by atoms with van der Waals surface area (Å²) in [4.78, 5) is 4.08. The predicted molar refractivity (Wildman–Crippen MR) is 46.1 cm³/mol. The summed E-state index contributed by atoms with van der Waals surface area (Å²) in [6, 6.07) is 0. The van der Waals surface area contributed by atoms with Crippen molar-refractivity contribution in [3.63, 3.8) is 0 Å². The van der Waals surface area contributed by atoms with Crippen LogP contribution in [0.25, 0.3) is 0 Å². The summed E-state index contributed by atoms with van der Waals surface area (Å²) < 4.78 is 0. The Balaban J connectivity index is 3.37. The topological polar surface area (TPSA) is 12.4 Å². The monoisotopic (exact) mass is 143 g/mol. The van der Waals surface area contributed by atoms with Crippen molar-refractivity contribution in [1.29, 1.82) is 0 Å². The average molecular weight is 143 g/mol. The highest BCUT2D eigenvalue weighted by Gasteiger charge is 1.83. The molecule has 0 aromatic carbocycles. The Labute approximate surface area is 61.3 Å². The zero-order valence-corrected chi connectivity index (χ0v) is 6.87. The van der Waals surface area contributed by atoms with Crippen molar-refractivity contribution in [1.82, 2.24) is 0 Å². The van der Waals surface area contributed by atoms with Crippen molar-refractivity contribution >= 4 is 18.0 Å². The Morgan fingerprint density at radius 2 is 2.33 bits per heavy atom. The highest BCUT2D eigenvalue weighted by molar-refractivity contribution is 8.03. The molecule has 0 N–H and O–H groups in total. The highest BCUT2D eigenvalue weighted by atomic mass is 32.2. The molecule has 0 saturated carbocycles. The highest BCUT2D eigenvalue weighted by Crippen LogP contribution is 2.12. The maximum Gasteiger partial charge on any atom is 0.0883 e. The van der Waals surface area contributed by atoms with Crippen molar-refractivity contribution in [2.75, 3.05) is 5.75 Å². The molecule has 0 spiro atoms. The van der Waals surface area contributed by atoms with Gasteiger partial charge in [0.1, 0.15) is 0 Å². The van der Waals surface area contributed by atoms with Crippen molar-refractivity contribution in [3.8, 4) is 0 Å². The normalized spacial score (nSPS) is 10.4. The minimum absolute atomic E-state index is 0.916. The largest absolute Gasteiger partial charge is 0.255 e. The van der Waals surface area contributed by atoms with Gasteiger partial charge in [-0.15, -0.1) is 11.8 Å². The van der Waals surface area contributed by atoms with E-state index >= 15 is 0 Å². The van der Waals surface area contributed by atoms with Gasteiger partial charge in [-0.05, 0) is 12.2 Å². The van der Waals surface area contributed by atoms with Gasteiger partial charge < -0.3 is 0 Å². The molecular weight excluding hydrogens is 130 g/mol. The van der Waals surface area contributed by atoms with Gasteiger partial charge >= 0.3 is 0 Å². The zero-order valence-electron chi connectivity index (χ0n) is 6.05. The van der Waals surface area contributed by atoms with Crippen LogP contribution in [-0.2, 0) is 0 Å². The molecule has 0 fully saturated rings. The Bertz CT molecular complexity index is 107. The third-order valence-electron chi connectivity index (χ3n) is 0.729. The molecule has 0 atom stereocenters. The van der Waals surface area contributed by atoms with Gasteiger partial charge in [0.15, 0.2) is 0 Å². The number of thioether (sulfide) groups is 1. The summed E-state index contributed by atoms with van der Waals surface area (Å²) in [5, 5.41) is 0.916. The fourth-order valence-electron chi connectivity index (χ4n) is 0.397. The van der Waals surface area contributed by atoms with Gasteiger partial charge in [0.25, 0.3) is 0 Å². The van der Waals surface area contributed by atoms with Gasteiger partial charge in [-0.25, -0.2) is 0 Å². The molecule has 0 rings (SSSR count). The van der Waals surface area contributed by atoms with E-state index in [0.29, 0.717) is 0 Å². The number of hydrogen-bond acceptors (Lipinski definition) is 2. The van der Waals surface area contributed by atoms with Crippen LogP contribution in [0.2, 0.25) is 0 Å². The SMILES string of the molecule is C=C(N=CCC)SCC. The van der Waals surface area contributed by atoms with Crippen LogP contribution in [0.5, 0.6) is 0 Å². The standard InChI is InChI=1S/C7H13NS/c1-4-6-8-7(3)9-5-2/h6H,3-5H2,1-2H3. The van der Waals surface area contributed by atoms with Crippen molar-refractivity contribution < 1.29 is 0 Å². The Kier molecular flexibility index (Phi) is 5.73. The summed E-state index contributed by atoms with van der Waals surface area (Å²) in [6.07, 6.45) is 2.87. The fraction of sp³-hybridized carbons (Fsp3) is 0.571. The second-order valence-electron chi connectivity index (χ2n) is 1.55. The van der Waals surface area contributed by atoms with E-state index < -0.39 is 0 Å². The lowest BCUT2D eigenvalue weighted by Gasteiger charge is -1.91. The molecule has 0 heterocycles. The average Bonchev–Trinajstić information content (AvgIpc) is 1.85. The molecule has 0 amide bonds. The number of hydrogen-bond donors (Lipinski definition) is 0. The maximum atomic E-state index is 4.08. The molecule has 52 valence electrons. The minimum Gasteiger partial charge on any atom is -0.255 e. The van der Waals surface area contributed by atoms with E-state index in [2.05, 4.69) is 25.4 Å². The molecular formula is C7H13NS.